The lowest BCUT2D eigenvalue weighted by atomic mass is 9.95. The summed E-state index contributed by atoms with van der Waals surface area (Å²) in [5.74, 6) is 0.256. The maximum Gasteiger partial charge on any atom is 0.446 e. The number of halogens is 3. The van der Waals surface area contributed by atoms with Crippen LogP contribution in [0, 0.1) is 11.3 Å². The van der Waals surface area contributed by atoms with Crippen LogP contribution in [0.25, 0.3) is 11.0 Å². The van der Waals surface area contributed by atoms with Gasteiger partial charge in [-0.25, -0.2) is 4.98 Å². The molecule has 2 aliphatic rings. The minimum absolute atomic E-state index is 0.0251. The Balaban J connectivity index is 1.50. The summed E-state index contributed by atoms with van der Waals surface area (Å²) in [6.45, 7) is 5.82. The van der Waals surface area contributed by atoms with Crippen LogP contribution in [0.1, 0.15) is 44.0 Å². The van der Waals surface area contributed by atoms with Gasteiger partial charge in [-0.3, -0.25) is 9.69 Å². The SMILES string of the molecule is CC[C@@H]1CN2c3c(c(=O)n(C)c4ccc(C#N)nc34)OC[C@@H]2CN1[C@H](CC)c1ccc(SC(F)(F)F)cc1. The van der Waals surface area contributed by atoms with E-state index in [1.807, 2.05) is 0 Å². The molecular formula is C27H28F3N5O2S. The zero-order chi connectivity index (χ0) is 27.2. The fourth-order valence-electron chi connectivity index (χ4n) is 5.69. The number of anilines is 1. The highest BCUT2D eigenvalue weighted by Gasteiger charge is 2.42. The van der Waals surface area contributed by atoms with Crippen molar-refractivity contribution in [2.45, 2.75) is 55.2 Å². The lowest BCUT2D eigenvalue weighted by Gasteiger charge is -2.51. The van der Waals surface area contributed by atoms with E-state index >= 15 is 0 Å². The first kappa shape index (κ1) is 26.4. The van der Waals surface area contributed by atoms with Crippen molar-refractivity contribution in [3.05, 3.63) is 58.0 Å². The molecule has 11 heteroatoms. The van der Waals surface area contributed by atoms with Crippen molar-refractivity contribution < 1.29 is 17.9 Å². The Bertz CT molecular complexity index is 1450. The molecule has 2 aliphatic heterocycles. The number of aryl methyl sites for hydroxylation is 1. The highest BCUT2D eigenvalue weighted by molar-refractivity contribution is 8.00. The lowest BCUT2D eigenvalue weighted by molar-refractivity contribution is -0.0328. The number of benzene rings is 1. The molecule has 0 N–H and O–H groups in total. The third kappa shape index (κ3) is 4.71. The molecule has 200 valence electrons. The van der Waals surface area contributed by atoms with Crippen molar-refractivity contribution in [2.75, 3.05) is 24.6 Å². The van der Waals surface area contributed by atoms with E-state index in [1.165, 1.54) is 16.7 Å². The largest absolute Gasteiger partial charge is 0.484 e. The van der Waals surface area contributed by atoms with Crippen molar-refractivity contribution in [1.82, 2.24) is 14.5 Å². The van der Waals surface area contributed by atoms with E-state index in [0.717, 1.165) is 18.4 Å². The second kappa shape index (κ2) is 10.2. The third-order valence-electron chi connectivity index (χ3n) is 7.49. The number of pyridine rings is 2. The number of aromatic nitrogens is 2. The van der Waals surface area contributed by atoms with E-state index in [1.54, 1.807) is 31.3 Å². The van der Waals surface area contributed by atoms with Gasteiger partial charge in [0.05, 0.1) is 11.6 Å². The molecule has 38 heavy (non-hydrogen) atoms. The predicted octanol–water partition coefficient (Wildman–Crippen LogP) is 5.23. The Kier molecular flexibility index (Phi) is 7.05. The van der Waals surface area contributed by atoms with E-state index in [4.69, 9.17) is 4.74 Å². The maximum absolute atomic E-state index is 13.2. The molecule has 0 saturated carbocycles. The minimum atomic E-state index is -4.32. The molecule has 3 aromatic rings. The van der Waals surface area contributed by atoms with Gasteiger partial charge in [0, 0.05) is 37.1 Å². The molecule has 0 radical (unpaired) electrons. The standard InChI is InChI=1S/C27H28F3N5O2S/c1-4-18-13-35-19(14-34(18)21(5-2)16-6-9-20(10-7-16)38-27(28,29)30)15-37-25-24(35)23-22(33(3)26(25)36)11-8-17(12-31)32-23/h6-11,18-19,21H,4-5,13-15H2,1-3H3/t18-,19+,21-/m1/s1. The number of fused-ring (bicyclic) bond motifs is 5. The molecule has 0 unspecified atom stereocenters. The van der Waals surface area contributed by atoms with Crippen LogP contribution in [0.5, 0.6) is 5.75 Å². The van der Waals surface area contributed by atoms with Gasteiger partial charge in [-0.1, -0.05) is 26.0 Å². The zero-order valence-electron chi connectivity index (χ0n) is 21.3. The van der Waals surface area contributed by atoms with Gasteiger partial charge in [0.2, 0.25) is 5.75 Å². The van der Waals surface area contributed by atoms with Crippen LogP contribution in [0.4, 0.5) is 18.9 Å². The number of piperazine rings is 1. The van der Waals surface area contributed by atoms with Crippen molar-refractivity contribution in [1.29, 1.82) is 5.26 Å². The molecule has 0 aliphatic carbocycles. The van der Waals surface area contributed by atoms with Crippen molar-refractivity contribution in [3.63, 3.8) is 0 Å². The summed E-state index contributed by atoms with van der Waals surface area (Å²) in [7, 11) is 1.67. The topological polar surface area (TPSA) is 74.4 Å². The van der Waals surface area contributed by atoms with E-state index in [9.17, 15) is 23.2 Å². The van der Waals surface area contributed by atoms with Gasteiger partial charge in [-0.05, 0) is 54.4 Å². The summed E-state index contributed by atoms with van der Waals surface area (Å²) in [4.78, 5) is 22.5. The second-order valence-electron chi connectivity index (χ2n) is 9.63. The fraction of sp³-hybridized carbons (Fsp3) is 0.444. The number of nitriles is 1. The highest BCUT2D eigenvalue weighted by Crippen LogP contribution is 2.42. The van der Waals surface area contributed by atoms with Gasteiger partial charge < -0.3 is 14.2 Å². The Morgan fingerprint density at radius 2 is 1.92 bits per heavy atom. The first-order valence-corrected chi connectivity index (χ1v) is 13.4. The van der Waals surface area contributed by atoms with Gasteiger partial charge in [0.15, 0.2) is 0 Å². The summed E-state index contributed by atoms with van der Waals surface area (Å²) in [5.41, 5.74) is -1.48. The van der Waals surface area contributed by atoms with Gasteiger partial charge in [-0.2, -0.15) is 18.4 Å². The number of thioether (sulfide) groups is 1. The third-order valence-corrected chi connectivity index (χ3v) is 8.23. The number of hydrogen-bond acceptors (Lipinski definition) is 7. The highest BCUT2D eigenvalue weighted by atomic mass is 32.2. The van der Waals surface area contributed by atoms with Gasteiger partial charge in [-0.15, -0.1) is 0 Å². The van der Waals surface area contributed by atoms with Crippen LogP contribution in [-0.4, -0.2) is 51.7 Å². The van der Waals surface area contributed by atoms with Crippen LogP contribution in [0.3, 0.4) is 0 Å². The minimum Gasteiger partial charge on any atom is -0.484 e. The molecule has 7 nitrogen and oxygen atoms in total. The van der Waals surface area contributed by atoms with Gasteiger partial charge in [0.25, 0.3) is 5.56 Å². The molecule has 3 atom stereocenters. The number of alkyl halides is 3. The average Bonchev–Trinajstić information content (AvgIpc) is 2.90. The molecule has 5 rings (SSSR count). The Morgan fingerprint density at radius 3 is 2.55 bits per heavy atom. The molecule has 1 saturated heterocycles. The van der Waals surface area contributed by atoms with Crippen LogP contribution in [-0.2, 0) is 7.05 Å². The van der Waals surface area contributed by atoms with E-state index in [0.29, 0.717) is 36.4 Å². The van der Waals surface area contributed by atoms with Crippen molar-refractivity contribution >= 4 is 28.5 Å². The Hall–Kier alpha value is -3.23. The Morgan fingerprint density at radius 1 is 1.18 bits per heavy atom. The van der Waals surface area contributed by atoms with E-state index in [-0.39, 0.29) is 51.8 Å². The second-order valence-corrected chi connectivity index (χ2v) is 10.8. The molecule has 4 heterocycles. The Labute approximate surface area is 222 Å². The van der Waals surface area contributed by atoms with Crippen LogP contribution in [0.2, 0.25) is 0 Å². The molecule has 0 bridgehead atoms. The normalized spacial score (nSPS) is 20.4. The molecule has 2 aromatic heterocycles. The van der Waals surface area contributed by atoms with E-state index < -0.39 is 5.51 Å². The smallest absolute Gasteiger partial charge is 0.446 e. The summed E-state index contributed by atoms with van der Waals surface area (Å²) >= 11 is -0.107. The number of hydrogen-bond donors (Lipinski definition) is 0. The quantitative estimate of drug-likeness (QED) is 0.408. The number of nitrogens with zero attached hydrogens (tertiary/aromatic N) is 5. The fourth-order valence-corrected chi connectivity index (χ4v) is 6.23. The average molecular weight is 544 g/mol. The molecule has 1 aromatic carbocycles. The number of rotatable bonds is 5. The summed E-state index contributed by atoms with van der Waals surface area (Å²) in [5, 5.41) is 9.45. The number of ether oxygens (including phenoxy) is 1. The summed E-state index contributed by atoms with van der Waals surface area (Å²) in [6, 6.07) is 12.2. The maximum atomic E-state index is 13.2. The summed E-state index contributed by atoms with van der Waals surface area (Å²) in [6.07, 6.45) is 1.64. The van der Waals surface area contributed by atoms with Crippen molar-refractivity contribution in [2.24, 2.45) is 7.05 Å². The van der Waals surface area contributed by atoms with Crippen molar-refractivity contribution in [3.8, 4) is 11.8 Å². The molecule has 1 fully saturated rings. The first-order valence-electron chi connectivity index (χ1n) is 12.6. The van der Waals surface area contributed by atoms with Gasteiger partial charge >= 0.3 is 5.51 Å². The lowest BCUT2D eigenvalue weighted by Crippen LogP contribution is -2.62. The zero-order valence-corrected chi connectivity index (χ0v) is 22.1. The van der Waals surface area contributed by atoms with Gasteiger partial charge in [0.1, 0.15) is 29.6 Å². The summed E-state index contributed by atoms with van der Waals surface area (Å²) < 4.78 is 46.0. The molecular weight excluding hydrogens is 515 g/mol. The predicted molar refractivity (Wildman–Crippen MR) is 140 cm³/mol. The van der Waals surface area contributed by atoms with E-state index in [2.05, 4.69) is 34.7 Å². The molecule has 0 amide bonds. The van der Waals surface area contributed by atoms with Crippen LogP contribution in [0.15, 0.2) is 46.1 Å². The molecule has 0 spiro atoms. The first-order chi connectivity index (χ1) is 18.1. The monoisotopic (exact) mass is 543 g/mol. The van der Waals surface area contributed by atoms with Crippen LogP contribution < -0.4 is 15.2 Å². The van der Waals surface area contributed by atoms with Crippen LogP contribution >= 0.6 is 11.8 Å².